The number of para-hydroxylation sites is 1. The van der Waals surface area contributed by atoms with Crippen LogP contribution in [0.4, 0.5) is 8.78 Å². The van der Waals surface area contributed by atoms with Gasteiger partial charge in [-0.2, -0.15) is 0 Å². The first-order chi connectivity index (χ1) is 6.65. The van der Waals surface area contributed by atoms with Crippen molar-refractivity contribution in [1.82, 2.24) is 5.32 Å². The Morgan fingerprint density at radius 3 is 2.43 bits per heavy atom. The molecule has 1 unspecified atom stereocenters. The van der Waals surface area contributed by atoms with Gasteiger partial charge in [0.2, 0.25) is 0 Å². The molecule has 0 saturated heterocycles. The zero-order valence-corrected chi connectivity index (χ0v) is 8.18. The first-order valence-electron chi connectivity index (χ1n) is 4.40. The van der Waals surface area contributed by atoms with Crippen LogP contribution in [0.5, 0.6) is 5.75 Å². The van der Waals surface area contributed by atoms with E-state index in [1.54, 1.807) is 14.0 Å². The molecule has 0 aliphatic rings. The normalized spacial score (nSPS) is 12.6. The van der Waals surface area contributed by atoms with Gasteiger partial charge in [0.25, 0.3) is 0 Å². The number of likely N-dealkylation sites (N-methyl/N-ethyl adjacent to an activating group) is 1. The fourth-order valence-electron chi connectivity index (χ4n) is 1.13. The number of ether oxygens (including phenoxy) is 1. The SMILES string of the molecule is CNCC(C)Oc1c(F)cccc1F. The fraction of sp³-hybridized carbons (Fsp3) is 0.400. The molecule has 0 aromatic heterocycles. The fourth-order valence-corrected chi connectivity index (χ4v) is 1.13. The lowest BCUT2D eigenvalue weighted by Crippen LogP contribution is -2.26. The van der Waals surface area contributed by atoms with Gasteiger partial charge in [-0.05, 0) is 26.1 Å². The molecule has 0 amide bonds. The molecular formula is C10H13F2NO. The van der Waals surface area contributed by atoms with E-state index in [2.05, 4.69) is 5.32 Å². The Bertz CT molecular complexity index is 284. The Balaban J connectivity index is 2.75. The van der Waals surface area contributed by atoms with Crippen molar-refractivity contribution in [3.8, 4) is 5.75 Å². The van der Waals surface area contributed by atoms with Crippen LogP contribution in [0, 0.1) is 11.6 Å². The second kappa shape index (κ2) is 4.91. The molecule has 2 nitrogen and oxygen atoms in total. The van der Waals surface area contributed by atoms with Crippen molar-refractivity contribution in [2.45, 2.75) is 13.0 Å². The van der Waals surface area contributed by atoms with Crippen LogP contribution in [0.2, 0.25) is 0 Å². The maximum absolute atomic E-state index is 13.1. The van der Waals surface area contributed by atoms with Crippen molar-refractivity contribution >= 4 is 0 Å². The molecule has 0 spiro atoms. The molecule has 0 aliphatic carbocycles. The third-order valence-corrected chi connectivity index (χ3v) is 1.73. The predicted molar refractivity (Wildman–Crippen MR) is 50.4 cm³/mol. The molecule has 0 bridgehead atoms. The summed E-state index contributed by atoms with van der Waals surface area (Å²) in [7, 11) is 1.75. The number of hydrogen-bond donors (Lipinski definition) is 1. The van der Waals surface area contributed by atoms with Crippen LogP contribution in [0.1, 0.15) is 6.92 Å². The zero-order chi connectivity index (χ0) is 10.6. The molecule has 1 atom stereocenters. The Kier molecular flexibility index (Phi) is 3.83. The molecule has 78 valence electrons. The van der Waals surface area contributed by atoms with Crippen LogP contribution < -0.4 is 10.1 Å². The average molecular weight is 201 g/mol. The van der Waals surface area contributed by atoms with Gasteiger partial charge < -0.3 is 10.1 Å². The first-order valence-corrected chi connectivity index (χ1v) is 4.40. The van der Waals surface area contributed by atoms with Crippen molar-refractivity contribution < 1.29 is 13.5 Å². The van der Waals surface area contributed by atoms with Crippen molar-refractivity contribution in [1.29, 1.82) is 0 Å². The van der Waals surface area contributed by atoms with Gasteiger partial charge in [0.15, 0.2) is 17.4 Å². The minimum absolute atomic E-state index is 0.272. The molecule has 1 aromatic rings. The summed E-state index contributed by atoms with van der Waals surface area (Å²) < 4.78 is 31.2. The zero-order valence-electron chi connectivity index (χ0n) is 8.18. The summed E-state index contributed by atoms with van der Waals surface area (Å²) in [5.74, 6) is -1.66. The Morgan fingerprint density at radius 1 is 1.36 bits per heavy atom. The molecule has 4 heteroatoms. The van der Waals surface area contributed by atoms with Crippen LogP contribution in [-0.2, 0) is 0 Å². The number of benzene rings is 1. The predicted octanol–water partition coefficient (Wildman–Crippen LogP) is 1.95. The monoisotopic (exact) mass is 201 g/mol. The maximum atomic E-state index is 13.1. The molecule has 1 rings (SSSR count). The van der Waals surface area contributed by atoms with E-state index >= 15 is 0 Å². The van der Waals surface area contributed by atoms with E-state index in [1.807, 2.05) is 0 Å². The Morgan fingerprint density at radius 2 is 1.93 bits per heavy atom. The summed E-state index contributed by atoms with van der Waals surface area (Å²) in [6.07, 6.45) is -0.272. The van der Waals surface area contributed by atoms with Gasteiger partial charge in [-0.15, -0.1) is 0 Å². The van der Waals surface area contributed by atoms with Crippen LogP contribution in [0.15, 0.2) is 18.2 Å². The summed E-state index contributed by atoms with van der Waals surface area (Å²) in [6.45, 7) is 2.27. The van der Waals surface area contributed by atoms with Gasteiger partial charge in [0.05, 0.1) is 0 Å². The molecular weight excluding hydrogens is 188 g/mol. The van der Waals surface area contributed by atoms with Crippen molar-refractivity contribution in [3.05, 3.63) is 29.8 Å². The number of nitrogens with one attached hydrogen (secondary N) is 1. The minimum atomic E-state index is -0.673. The van der Waals surface area contributed by atoms with Gasteiger partial charge in [0.1, 0.15) is 6.10 Å². The van der Waals surface area contributed by atoms with E-state index in [4.69, 9.17) is 4.74 Å². The average Bonchev–Trinajstić information content (AvgIpc) is 2.12. The van der Waals surface area contributed by atoms with Crippen LogP contribution in [0.3, 0.4) is 0 Å². The molecule has 0 fully saturated rings. The van der Waals surface area contributed by atoms with Gasteiger partial charge in [-0.1, -0.05) is 6.07 Å². The summed E-state index contributed by atoms with van der Waals surface area (Å²) in [5.41, 5.74) is 0. The summed E-state index contributed by atoms with van der Waals surface area (Å²) in [4.78, 5) is 0. The van der Waals surface area contributed by atoms with Crippen LogP contribution in [0.25, 0.3) is 0 Å². The number of hydrogen-bond acceptors (Lipinski definition) is 2. The highest BCUT2D eigenvalue weighted by atomic mass is 19.1. The van der Waals surface area contributed by atoms with Gasteiger partial charge in [-0.3, -0.25) is 0 Å². The highest BCUT2D eigenvalue weighted by Gasteiger charge is 2.12. The number of halogens is 2. The van der Waals surface area contributed by atoms with E-state index < -0.39 is 11.6 Å². The first kappa shape index (κ1) is 10.9. The highest BCUT2D eigenvalue weighted by molar-refractivity contribution is 5.26. The van der Waals surface area contributed by atoms with E-state index in [1.165, 1.54) is 18.2 Å². The topological polar surface area (TPSA) is 21.3 Å². The summed E-state index contributed by atoms with van der Waals surface area (Å²) >= 11 is 0. The minimum Gasteiger partial charge on any atom is -0.483 e. The largest absolute Gasteiger partial charge is 0.483 e. The van der Waals surface area contributed by atoms with Gasteiger partial charge in [-0.25, -0.2) is 8.78 Å². The maximum Gasteiger partial charge on any atom is 0.191 e. The molecule has 0 saturated carbocycles. The number of rotatable bonds is 4. The van der Waals surface area contributed by atoms with Gasteiger partial charge >= 0.3 is 0 Å². The lowest BCUT2D eigenvalue weighted by Gasteiger charge is -2.14. The van der Waals surface area contributed by atoms with Crippen LogP contribution >= 0.6 is 0 Å². The standard InChI is InChI=1S/C10H13F2NO/c1-7(6-13-2)14-10-8(11)4-3-5-9(10)12/h3-5,7,13H,6H2,1-2H3. The highest BCUT2D eigenvalue weighted by Crippen LogP contribution is 2.21. The van der Waals surface area contributed by atoms with E-state index in [0.29, 0.717) is 6.54 Å². The molecule has 0 aliphatic heterocycles. The third kappa shape index (κ3) is 2.67. The molecule has 14 heavy (non-hydrogen) atoms. The van der Waals surface area contributed by atoms with Gasteiger partial charge in [0, 0.05) is 6.54 Å². The lowest BCUT2D eigenvalue weighted by molar-refractivity contribution is 0.201. The van der Waals surface area contributed by atoms with Crippen molar-refractivity contribution in [2.75, 3.05) is 13.6 Å². The molecule has 1 N–H and O–H groups in total. The molecule has 0 heterocycles. The smallest absolute Gasteiger partial charge is 0.191 e. The Labute approximate surface area is 81.9 Å². The lowest BCUT2D eigenvalue weighted by atomic mass is 10.3. The third-order valence-electron chi connectivity index (χ3n) is 1.73. The Hall–Kier alpha value is -1.16. The van der Waals surface area contributed by atoms with Crippen LogP contribution in [-0.4, -0.2) is 19.7 Å². The summed E-state index contributed by atoms with van der Waals surface area (Å²) in [5, 5.41) is 2.86. The second-order valence-corrected chi connectivity index (χ2v) is 3.04. The van der Waals surface area contributed by atoms with E-state index in [-0.39, 0.29) is 11.9 Å². The quantitative estimate of drug-likeness (QED) is 0.804. The van der Waals surface area contributed by atoms with E-state index in [0.717, 1.165) is 0 Å². The molecule has 1 aromatic carbocycles. The summed E-state index contributed by atoms with van der Waals surface area (Å²) in [6, 6.07) is 3.65. The van der Waals surface area contributed by atoms with E-state index in [9.17, 15) is 8.78 Å². The van der Waals surface area contributed by atoms with Crippen molar-refractivity contribution in [3.63, 3.8) is 0 Å². The second-order valence-electron chi connectivity index (χ2n) is 3.04. The molecule has 0 radical (unpaired) electrons. The van der Waals surface area contributed by atoms with Crippen molar-refractivity contribution in [2.24, 2.45) is 0 Å².